The molecule has 2 saturated carbocycles. The lowest BCUT2D eigenvalue weighted by Gasteiger charge is -2.30. The predicted molar refractivity (Wildman–Crippen MR) is 211 cm³/mol. The summed E-state index contributed by atoms with van der Waals surface area (Å²) >= 11 is 0. The Labute approximate surface area is 326 Å². The molecule has 2 aromatic heterocycles. The number of benzene rings is 2. The van der Waals surface area contributed by atoms with Gasteiger partial charge in [0.2, 0.25) is 17.8 Å². The molecule has 8 rings (SSSR count). The van der Waals surface area contributed by atoms with Gasteiger partial charge in [0.25, 0.3) is 0 Å². The van der Waals surface area contributed by atoms with Crippen molar-refractivity contribution in [3.05, 3.63) is 102 Å². The molecule has 12 heteroatoms. The molecule has 290 valence electrons. The van der Waals surface area contributed by atoms with Crippen molar-refractivity contribution < 1.29 is 23.5 Å². The van der Waals surface area contributed by atoms with Gasteiger partial charge in [0.15, 0.2) is 0 Å². The maximum Gasteiger partial charge on any atom is 0.407 e. The van der Waals surface area contributed by atoms with E-state index in [4.69, 9.17) is 9.73 Å². The number of pyridine rings is 1. The second kappa shape index (κ2) is 15.8. The van der Waals surface area contributed by atoms with Gasteiger partial charge in [-0.2, -0.15) is 4.39 Å². The number of halogens is 1. The van der Waals surface area contributed by atoms with Gasteiger partial charge >= 0.3 is 6.09 Å². The Hall–Kier alpha value is -5.65. The normalized spacial score (nSPS) is 23.2. The van der Waals surface area contributed by atoms with E-state index in [9.17, 15) is 18.8 Å². The number of imidazole rings is 1. The summed E-state index contributed by atoms with van der Waals surface area (Å²) in [6, 6.07) is 19.0. The number of methoxy groups -OCH3 is 1. The number of carbonyl (C=O) groups is 3. The number of allylic oxidation sites excluding steroid dienone is 1. The highest BCUT2D eigenvalue weighted by molar-refractivity contribution is 6.02. The van der Waals surface area contributed by atoms with Gasteiger partial charge in [-0.1, -0.05) is 68.4 Å². The summed E-state index contributed by atoms with van der Waals surface area (Å²) in [6.07, 6.45) is 10.3. The van der Waals surface area contributed by atoms with Crippen LogP contribution in [0.25, 0.3) is 28.0 Å². The number of aromatic nitrogens is 3. The van der Waals surface area contributed by atoms with Gasteiger partial charge in [-0.25, -0.2) is 14.8 Å². The van der Waals surface area contributed by atoms with E-state index in [2.05, 4.69) is 74.1 Å². The van der Waals surface area contributed by atoms with Crippen LogP contribution in [-0.4, -0.2) is 63.2 Å². The number of likely N-dealkylation sites (tertiary alicyclic amines) is 1. The lowest BCUT2D eigenvalue weighted by Crippen LogP contribution is -2.51. The Morgan fingerprint density at radius 3 is 2.32 bits per heavy atom. The Balaban J connectivity index is 0.885. The molecule has 4 heterocycles. The Kier molecular flexibility index (Phi) is 10.5. The summed E-state index contributed by atoms with van der Waals surface area (Å²) in [6.45, 7) is 4.75. The molecule has 4 aromatic rings. The summed E-state index contributed by atoms with van der Waals surface area (Å²) in [5.74, 6) is 0.942. The molecule has 0 radical (unpaired) electrons. The zero-order chi connectivity index (χ0) is 38.9. The monoisotopic (exact) mass is 757 g/mol. The fraction of sp³-hybridized carbons (Fsp3) is 0.409. The van der Waals surface area contributed by atoms with Crippen LogP contribution in [0.2, 0.25) is 0 Å². The van der Waals surface area contributed by atoms with E-state index >= 15 is 0 Å². The molecule has 2 aliphatic heterocycles. The Morgan fingerprint density at radius 2 is 1.62 bits per heavy atom. The SMILES string of the molecule is COC(=O)N[C@H](C(=O)N1CCC[C@H]1c1ncc(-c2ccc(-c3ccc(C4=CN=C([C@@H]5C6CCC(C6)[C@H]5C(=O)NCc5ccc(F)nc5)C4)cc3)cc2)[nH]1)C(C)C. The first-order valence-corrected chi connectivity index (χ1v) is 19.7. The van der Waals surface area contributed by atoms with E-state index in [0.717, 1.165) is 83.6 Å². The van der Waals surface area contributed by atoms with Crippen molar-refractivity contribution in [1.29, 1.82) is 0 Å². The highest BCUT2D eigenvalue weighted by atomic mass is 19.1. The van der Waals surface area contributed by atoms with Crippen molar-refractivity contribution in [2.75, 3.05) is 13.7 Å². The number of nitrogens with one attached hydrogen (secondary N) is 3. The molecule has 0 spiro atoms. The molecule has 2 aliphatic carbocycles. The molecule has 6 atom stereocenters. The lowest BCUT2D eigenvalue weighted by atomic mass is 9.75. The van der Waals surface area contributed by atoms with Crippen LogP contribution >= 0.6 is 0 Å². The second-order valence-corrected chi connectivity index (χ2v) is 15.9. The number of hydrogen-bond acceptors (Lipinski definition) is 7. The van der Waals surface area contributed by atoms with E-state index < -0.39 is 18.1 Å². The van der Waals surface area contributed by atoms with Crippen molar-refractivity contribution >= 4 is 29.2 Å². The molecule has 2 bridgehead atoms. The van der Waals surface area contributed by atoms with Crippen molar-refractivity contribution in [2.24, 2.45) is 34.6 Å². The predicted octanol–water partition coefficient (Wildman–Crippen LogP) is 7.49. The molecule has 3 N–H and O–H groups in total. The molecule has 3 fully saturated rings. The number of H-pyrrole nitrogens is 1. The summed E-state index contributed by atoms with van der Waals surface area (Å²) in [5, 5.41) is 5.80. The van der Waals surface area contributed by atoms with Gasteiger partial charge in [0.1, 0.15) is 11.9 Å². The number of alkyl carbamates (subject to hydrolysis) is 1. The van der Waals surface area contributed by atoms with Gasteiger partial charge in [-0.15, -0.1) is 0 Å². The van der Waals surface area contributed by atoms with Gasteiger partial charge in [-0.3, -0.25) is 14.6 Å². The highest BCUT2D eigenvalue weighted by Crippen LogP contribution is 2.54. The second-order valence-electron chi connectivity index (χ2n) is 15.9. The van der Waals surface area contributed by atoms with Crippen molar-refractivity contribution in [3.63, 3.8) is 0 Å². The van der Waals surface area contributed by atoms with E-state index in [1.165, 1.54) is 24.9 Å². The van der Waals surface area contributed by atoms with E-state index in [1.54, 1.807) is 6.07 Å². The third-order valence-electron chi connectivity index (χ3n) is 12.2. The number of hydrogen-bond donors (Lipinski definition) is 3. The fourth-order valence-electron chi connectivity index (χ4n) is 9.36. The van der Waals surface area contributed by atoms with Crippen molar-refractivity contribution in [3.8, 4) is 22.4 Å². The van der Waals surface area contributed by atoms with Crippen molar-refractivity contribution in [2.45, 2.75) is 71.0 Å². The zero-order valence-corrected chi connectivity index (χ0v) is 32.0. The summed E-state index contributed by atoms with van der Waals surface area (Å²) in [7, 11) is 1.29. The topological polar surface area (TPSA) is 142 Å². The van der Waals surface area contributed by atoms with Crippen LogP contribution in [0.3, 0.4) is 0 Å². The van der Waals surface area contributed by atoms with Gasteiger partial charge < -0.3 is 25.3 Å². The van der Waals surface area contributed by atoms with Crippen LogP contribution in [0.5, 0.6) is 0 Å². The number of amides is 3. The van der Waals surface area contributed by atoms with Gasteiger partial charge in [0, 0.05) is 49.5 Å². The third-order valence-corrected chi connectivity index (χ3v) is 12.2. The minimum atomic E-state index is -0.681. The maximum absolute atomic E-state index is 13.5. The van der Waals surface area contributed by atoms with Crippen LogP contribution in [-0.2, 0) is 20.9 Å². The Bertz CT molecular complexity index is 2140. The summed E-state index contributed by atoms with van der Waals surface area (Å²) in [5.41, 5.74) is 8.25. The molecular weight excluding hydrogens is 710 g/mol. The Morgan fingerprint density at radius 1 is 0.911 bits per heavy atom. The fourth-order valence-corrected chi connectivity index (χ4v) is 9.36. The number of rotatable bonds is 11. The average Bonchev–Trinajstić information content (AvgIpc) is 4.08. The number of carbonyl (C=O) groups excluding carboxylic acids is 3. The highest BCUT2D eigenvalue weighted by Gasteiger charge is 2.52. The first-order chi connectivity index (χ1) is 27.2. The minimum Gasteiger partial charge on any atom is -0.453 e. The number of ether oxygens (including phenoxy) is 1. The molecule has 56 heavy (non-hydrogen) atoms. The van der Waals surface area contributed by atoms with Gasteiger partial charge in [-0.05, 0) is 89.3 Å². The number of nitrogens with zero attached hydrogens (tertiary/aromatic N) is 4. The number of fused-ring (bicyclic) bond motifs is 2. The van der Waals surface area contributed by atoms with E-state index in [0.29, 0.717) is 24.9 Å². The van der Waals surface area contributed by atoms with Crippen LogP contribution in [0, 0.1) is 35.5 Å². The van der Waals surface area contributed by atoms with Crippen LogP contribution in [0.15, 0.2) is 84.2 Å². The smallest absolute Gasteiger partial charge is 0.407 e. The summed E-state index contributed by atoms with van der Waals surface area (Å²) < 4.78 is 18.0. The standard InChI is InChI=1S/C44H48FN7O4/c1-25(2)40(51-44(55)56-3)43(54)52-18-4-5-36(52)41-48-24-35(50-41)30-13-11-28(12-14-30)27-7-9-29(10-8-27)33-20-34(46-23-33)38-31-15-16-32(19-31)39(38)42(53)49-22-26-6-17-37(45)47-21-26/h6-14,17,21,23-25,31-32,36,38-40H,4-5,15-16,18-20,22H2,1-3H3,(H,48,50)(H,49,53)(H,51,55)/t31?,32?,36-,38-,39+,40-/m0/s1. The zero-order valence-electron chi connectivity index (χ0n) is 32.0. The van der Waals surface area contributed by atoms with Crippen LogP contribution in [0.1, 0.15) is 75.4 Å². The number of aliphatic imine (C=N–C) groups is 1. The summed E-state index contributed by atoms with van der Waals surface area (Å²) in [4.78, 5) is 57.6. The molecule has 2 aromatic carbocycles. The largest absolute Gasteiger partial charge is 0.453 e. The molecule has 1 saturated heterocycles. The van der Waals surface area contributed by atoms with E-state index in [1.807, 2.05) is 31.1 Å². The maximum atomic E-state index is 13.5. The minimum absolute atomic E-state index is 0.0598. The van der Waals surface area contributed by atoms with Gasteiger partial charge in [0.05, 0.1) is 25.0 Å². The van der Waals surface area contributed by atoms with Crippen LogP contribution in [0.4, 0.5) is 9.18 Å². The lowest BCUT2D eigenvalue weighted by molar-refractivity contribution is -0.135. The first-order valence-electron chi connectivity index (χ1n) is 19.7. The van der Waals surface area contributed by atoms with Crippen LogP contribution < -0.4 is 10.6 Å². The van der Waals surface area contributed by atoms with E-state index in [-0.39, 0.29) is 35.6 Å². The quantitative estimate of drug-likeness (QED) is 0.136. The third kappa shape index (κ3) is 7.48. The molecule has 2 unspecified atom stereocenters. The molecule has 3 amide bonds. The molecular formula is C44H48FN7O4. The number of aromatic amines is 1. The molecule has 11 nitrogen and oxygen atoms in total. The first kappa shape index (κ1) is 37.3. The molecule has 4 aliphatic rings. The van der Waals surface area contributed by atoms with Crippen molar-refractivity contribution in [1.82, 2.24) is 30.5 Å². The average molecular weight is 758 g/mol.